The highest BCUT2D eigenvalue weighted by atomic mass is 35.5. The summed E-state index contributed by atoms with van der Waals surface area (Å²) in [4.78, 5) is 25.3. The molecule has 0 unspecified atom stereocenters. The highest BCUT2D eigenvalue weighted by Gasteiger charge is 2.35. The van der Waals surface area contributed by atoms with Crippen LogP contribution in [0.15, 0.2) is 48.5 Å². The van der Waals surface area contributed by atoms with Gasteiger partial charge in [-0.25, -0.2) is 0 Å². The molecule has 0 heterocycles. The van der Waals surface area contributed by atoms with E-state index in [1.807, 2.05) is 35.2 Å². The molecular weight excluding hydrogens is 340 g/mol. The molecule has 1 atom stereocenters. The molecule has 5 nitrogen and oxygen atoms in total. The van der Waals surface area contributed by atoms with Crippen molar-refractivity contribution in [2.45, 2.75) is 32.4 Å². The number of hydrogen-bond acceptors (Lipinski definition) is 3. The van der Waals surface area contributed by atoms with Gasteiger partial charge in [0.1, 0.15) is 0 Å². The van der Waals surface area contributed by atoms with Crippen molar-refractivity contribution in [3.05, 3.63) is 74.8 Å². The molecule has 0 N–H and O–H groups in total. The van der Waals surface area contributed by atoms with Crippen molar-refractivity contribution in [2.24, 2.45) is 5.92 Å². The summed E-state index contributed by atoms with van der Waals surface area (Å²) >= 11 is 6.16. The largest absolute Gasteiger partial charge is 0.331 e. The van der Waals surface area contributed by atoms with E-state index in [9.17, 15) is 14.9 Å². The maximum Gasteiger partial charge on any atom is 0.270 e. The first-order valence-electron chi connectivity index (χ1n) is 8.26. The molecular formula is C19H19ClN2O3. The van der Waals surface area contributed by atoms with E-state index in [2.05, 4.69) is 6.92 Å². The van der Waals surface area contributed by atoms with Gasteiger partial charge in [-0.1, -0.05) is 41.9 Å². The molecule has 1 amide bonds. The minimum atomic E-state index is -0.519. The maximum atomic E-state index is 13.1. The summed E-state index contributed by atoms with van der Waals surface area (Å²) in [6.07, 6.45) is 2.24. The van der Waals surface area contributed by atoms with Crippen molar-refractivity contribution >= 4 is 23.2 Å². The number of nitrogens with zero attached hydrogens (tertiary/aromatic N) is 2. The third kappa shape index (κ3) is 3.99. The first-order chi connectivity index (χ1) is 12.0. The number of rotatable bonds is 6. The van der Waals surface area contributed by atoms with Crippen LogP contribution in [0, 0.1) is 16.0 Å². The summed E-state index contributed by atoms with van der Waals surface area (Å²) in [6, 6.07) is 13.9. The summed E-state index contributed by atoms with van der Waals surface area (Å²) in [5, 5.41) is 11.0. The second-order valence-corrected chi connectivity index (χ2v) is 6.83. The van der Waals surface area contributed by atoms with Gasteiger partial charge < -0.3 is 4.90 Å². The molecule has 2 aromatic carbocycles. The zero-order chi connectivity index (χ0) is 18.0. The number of hydrogen-bond donors (Lipinski definition) is 0. The highest BCUT2D eigenvalue weighted by Crippen LogP contribution is 2.37. The Bertz CT molecular complexity index is 791. The van der Waals surface area contributed by atoms with Crippen LogP contribution < -0.4 is 0 Å². The molecule has 0 radical (unpaired) electrons. The minimum Gasteiger partial charge on any atom is -0.331 e. The molecule has 1 aliphatic rings. The molecule has 6 heteroatoms. The Morgan fingerprint density at radius 2 is 1.96 bits per heavy atom. The van der Waals surface area contributed by atoms with Crippen molar-refractivity contribution in [3.63, 3.8) is 0 Å². The molecule has 1 fully saturated rings. The zero-order valence-corrected chi connectivity index (χ0v) is 14.6. The number of amides is 1. The lowest BCUT2D eigenvalue weighted by Gasteiger charge is -2.30. The van der Waals surface area contributed by atoms with Gasteiger partial charge in [0.15, 0.2) is 0 Å². The van der Waals surface area contributed by atoms with Crippen LogP contribution in [0.25, 0.3) is 0 Å². The van der Waals surface area contributed by atoms with Gasteiger partial charge in [0.25, 0.3) is 11.6 Å². The number of benzene rings is 2. The quantitative estimate of drug-likeness (QED) is 0.556. The Hall–Kier alpha value is -2.40. The topological polar surface area (TPSA) is 63.5 Å². The second kappa shape index (κ2) is 7.23. The second-order valence-electron chi connectivity index (χ2n) is 6.42. The smallest absolute Gasteiger partial charge is 0.270 e. The molecule has 0 bridgehead atoms. The summed E-state index contributed by atoms with van der Waals surface area (Å²) in [5.41, 5.74) is 1.23. The normalized spacial score (nSPS) is 14.8. The Balaban J connectivity index is 1.89. The fraction of sp³-hybridized carbons (Fsp3) is 0.316. The first-order valence-corrected chi connectivity index (χ1v) is 8.64. The average molecular weight is 359 g/mol. The molecule has 0 spiro atoms. The van der Waals surface area contributed by atoms with Gasteiger partial charge in [-0.2, -0.15) is 0 Å². The van der Waals surface area contributed by atoms with Crippen LogP contribution in [-0.2, 0) is 6.54 Å². The molecule has 0 aromatic heterocycles. The van der Waals surface area contributed by atoms with Gasteiger partial charge in [0.05, 0.1) is 15.5 Å². The van der Waals surface area contributed by atoms with Crippen molar-refractivity contribution in [1.82, 2.24) is 4.90 Å². The molecule has 25 heavy (non-hydrogen) atoms. The lowest BCUT2D eigenvalue weighted by atomic mass is 10.1. The van der Waals surface area contributed by atoms with Crippen LogP contribution in [0.1, 0.15) is 35.7 Å². The lowest BCUT2D eigenvalue weighted by molar-refractivity contribution is -0.384. The van der Waals surface area contributed by atoms with Gasteiger partial charge in [0.2, 0.25) is 0 Å². The Labute approximate surface area is 151 Å². The number of nitro groups is 1. The van der Waals surface area contributed by atoms with Crippen molar-refractivity contribution in [1.29, 1.82) is 0 Å². The van der Waals surface area contributed by atoms with Crippen LogP contribution >= 0.6 is 11.6 Å². The fourth-order valence-electron chi connectivity index (χ4n) is 2.96. The summed E-state index contributed by atoms with van der Waals surface area (Å²) in [7, 11) is 0. The first kappa shape index (κ1) is 17.4. The van der Waals surface area contributed by atoms with Crippen molar-refractivity contribution in [2.75, 3.05) is 0 Å². The number of non-ortho nitro benzene ring substituents is 1. The average Bonchev–Trinajstić information content (AvgIpc) is 3.44. The number of carbonyl (C=O) groups excluding carboxylic acids is 1. The van der Waals surface area contributed by atoms with Gasteiger partial charge in [0, 0.05) is 24.7 Å². The van der Waals surface area contributed by atoms with E-state index < -0.39 is 4.92 Å². The Kier molecular flexibility index (Phi) is 5.04. The van der Waals surface area contributed by atoms with Gasteiger partial charge in [-0.15, -0.1) is 0 Å². The van der Waals surface area contributed by atoms with Gasteiger partial charge in [-0.05, 0) is 37.3 Å². The highest BCUT2D eigenvalue weighted by molar-refractivity contribution is 6.34. The van der Waals surface area contributed by atoms with E-state index in [1.54, 1.807) is 0 Å². The van der Waals surface area contributed by atoms with Gasteiger partial charge in [-0.3, -0.25) is 14.9 Å². The number of halogens is 1. The van der Waals surface area contributed by atoms with Crippen LogP contribution in [0.4, 0.5) is 5.69 Å². The summed E-state index contributed by atoms with van der Waals surface area (Å²) in [6.45, 7) is 2.54. The lowest BCUT2D eigenvalue weighted by Crippen LogP contribution is -2.39. The summed E-state index contributed by atoms with van der Waals surface area (Å²) in [5.74, 6) is 0.313. The minimum absolute atomic E-state index is 0.0963. The monoisotopic (exact) mass is 358 g/mol. The molecule has 1 saturated carbocycles. The third-order valence-electron chi connectivity index (χ3n) is 4.65. The molecule has 3 rings (SSSR count). The Morgan fingerprint density at radius 3 is 2.52 bits per heavy atom. The number of carbonyl (C=O) groups is 1. The van der Waals surface area contributed by atoms with Crippen LogP contribution in [-0.4, -0.2) is 21.8 Å². The maximum absolute atomic E-state index is 13.1. The zero-order valence-electron chi connectivity index (χ0n) is 13.9. The van der Waals surface area contributed by atoms with Crippen molar-refractivity contribution < 1.29 is 9.72 Å². The van der Waals surface area contributed by atoms with Gasteiger partial charge >= 0.3 is 0 Å². The molecule has 1 aliphatic carbocycles. The molecule has 130 valence electrons. The van der Waals surface area contributed by atoms with E-state index in [0.717, 1.165) is 18.4 Å². The molecule has 0 saturated heterocycles. The molecule has 0 aliphatic heterocycles. The molecule has 2 aromatic rings. The van der Waals surface area contributed by atoms with Crippen LogP contribution in [0.2, 0.25) is 5.02 Å². The van der Waals surface area contributed by atoms with E-state index in [0.29, 0.717) is 18.0 Å². The number of nitro benzene ring substituents is 1. The summed E-state index contributed by atoms with van der Waals surface area (Å²) < 4.78 is 0. The van der Waals surface area contributed by atoms with E-state index >= 15 is 0 Å². The van der Waals surface area contributed by atoms with Crippen molar-refractivity contribution in [3.8, 4) is 0 Å². The fourth-order valence-corrected chi connectivity index (χ4v) is 3.22. The predicted molar refractivity (Wildman–Crippen MR) is 96.6 cm³/mol. The van der Waals surface area contributed by atoms with E-state index in [-0.39, 0.29) is 22.7 Å². The van der Waals surface area contributed by atoms with Crippen LogP contribution in [0.5, 0.6) is 0 Å². The third-order valence-corrected chi connectivity index (χ3v) is 4.96. The SMILES string of the molecule is C[C@H](C1CC1)N(Cc1ccccc1)C(=O)c1ccc([N+](=O)[O-])cc1Cl. The van der Waals surface area contributed by atoms with E-state index in [1.165, 1.54) is 18.2 Å². The van der Waals surface area contributed by atoms with E-state index in [4.69, 9.17) is 11.6 Å². The predicted octanol–water partition coefficient (Wildman–Crippen LogP) is 4.69. The standard InChI is InChI=1S/C19H19ClN2O3/c1-13(15-7-8-15)21(12-14-5-3-2-4-6-14)19(23)17-10-9-16(22(24)25)11-18(17)20/h2-6,9-11,13,15H,7-8,12H2,1H3/t13-/m1/s1. The van der Waals surface area contributed by atoms with Crippen LogP contribution in [0.3, 0.4) is 0 Å². The Morgan fingerprint density at radius 1 is 1.28 bits per heavy atom.